The Labute approximate surface area is 382 Å². The van der Waals surface area contributed by atoms with Crippen molar-refractivity contribution >= 4 is 79.4 Å². The van der Waals surface area contributed by atoms with E-state index in [1.165, 1.54) is 48.0 Å². The third-order valence-corrected chi connectivity index (χ3v) is 14.8. The van der Waals surface area contributed by atoms with Crippen LogP contribution < -0.4 is 20.7 Å². The molecule has 2 fully saturated rings. The quantitative estimate of drug-likeness (QED) is 0.134. The Kier molecular flexibility index (Phi) is 12.2. The van der Waals surface area contributed by atoms with Gasteiger partial charge >= 0.3 is 11.3 Å². The van der Waals surface area contributed by atoms with E-state index in [4.69, 9.17) is 18.3 Å². The van der Waals surface area contributed by atoms with Crippen molar-refractivity contribution in [1.82, 2.24) is 19.6 Å². The van der Waals surface area contributed by atoms with Crippen LogP contribution in [0.1, 0.15) is 70.6 Å². The Hall–Kier alpha value is -6.52. The lowest BCUT2D eigenvalue weighted by atomic mass is 9.97. The molecule has 2 aliphatic heterocycles. The molecule has 0 saturated carbocycles. The molecule has 4 aromatic heterocycles. The zero-order valence-corrected chi connectivity index (χ0v) is 38.3. The predicted octanol–water partition coefficient (Wildman–Crippen LogP) is 6.81. The summed E-state index contributed by atoms with van der Waals surface area (Å²) in [6.45, 7) is 7.08. The molecular weight excluding hydrogens is 869 g/mol. The van der Waals surface area contributed by atoms with Gasteiger partial charge in [-0.1, -0.05) is 0 Å². The summed E-state index contributed by atoms with van der Waals surface area (Å²) >= 11 is 2.96. The number of thiophene rings is 2. The number of benzene rings is 2. The van der Waals surface area contributed by atoms with E-state index in [0.29, 0.717) is 95.5 Å². The summed E-state index contributed by atoms with van der Waals surface area (Å²) in [6.07, 6.45) is 2.54. The first-order valence-electron chi connectivity index (χ1n) is 21.7. The third-order valence-electron chi connectivity index (χ3n) is 12.7. The van der Waals surface area contributed by atoms with Crippen molar-refractivity contribution in [2.24, 2.45) is 0 Å². The highest BCUT2D eigenvalue weighted by molar-refractivity contribution is 7.14. The van der Waals surface area contributed by atoms with Crippen LogP contribution in [0.2, 0.25) is 0 Å². The lowest BCUT2D eigenvalue weighted by molar-refractivity contribution is -0.132. The number of methoxy groups -OCH3 is 2. The molecule has 14 nitrogen and oxygen atoms in total. The highest BCUT2D eigenvalue weighted by atomic mass is 32.1. The van der Waals surface area contributed by atoms with Crippen LogP contribution in [0, 0.1) is 13.8 Å². The summed E-state index contributed by atoms with van der Waals surface area (Å²) in [6, 6.07) is 17.8. The van der Waals surface area contributed by atoms with E-state index >= 15 is 0 Å². The van der Waals surface area contributed by atoms with Gasteiger partial charge in [-0.3, -0.25) is 19.2 Å². The van der Waals surface area contributed by atoms with Crippen molar-refractivity contribution < 1.29 is 37.5 Å². The summed E-state index contributed by atoms with van der Waals surface area (Å²) in [5.41, 5.74) is 4.78. The fourth-order valence-electron chi connectivity index (χ4n) is 9.06. The normalized spacial score (nSPS) is 15.6. The zero-order valence-electron chi connectivity index (χ0n) is 36.7. The van der Waals surface area contributed by atoms with Crippen LogP contribution in [0.15, 0.2) is 79.1 Å². The van der Waals surface area contributed by atoms with Crippen molar-refractivity contribution in [3.8, 4) is 11.5 Å². The van der Waals surface area contributed by atoms with Gasteiger partial charge in [-0.15, -0.1) is 22.7 Å². The smallest absolute Gasteiger partial charge is 0.339 e. The van der Waals surface area contributed by atoms with E-state index in [2.05, 4.69) is 0 Å². The zero-order chi connectivity index (χ0) is 45.5. The van der Waals surface area contributed by atoms with E-state index in [0.717, 1.165) is 40.1 Å². The standard InChI is InChI=1S/C49H48N4O10S2/c1-28-38(26-42(64-28)46(56)52-16-12-50(13-17-52)44(54)22-32-20-30-8-10-34(60-3)24-40(30)62-48(32)58)36-6-5-7-37(36)39-27-43(65-29(39)2)47(57)53-18-14-51(15-19-53)45(55)23-33-21-31-9-11-35(61-4)25-41(31)63-49(33)59/h8-11,20-21,24-27H,5-7,12-19,22-23H2,1-4H3. The molecule has 16 heteroatoms. The molecule has 0 bridgehead atoms. The molecule has 9 rings (SSSR count). The van der Waals surface area contributed by atoms with Crippen LogP contribution in [0.4, 0.5) is 0 Å². The summed E-state index contributed by atoms with van der Waals surface area (Å²) in [5.74, 6) is 0.628. The molecule has 0 atom stereocenters. The number of allylic oxidation sites excluding steroid dienone is 2. The maximum atomic E-state index is 13.9. The van der Waals surface area contributed by atoms with Gasteiger partial charge in [0.1, 0.15) is 22.7 Å². The number of rotatable bonds is 10. The van der Waals surface area contributed by atoms with Gasteiger partial charge in [0.05, 0.1) is 36.8 Å². The van der Waals surface area contributed by atoms with Crippen molar-refractivity contribution in [3.63, 3.8) is 0 Å². The number of aryl methyl sites for hydroxylation is 2. The van der Waals surface area contributed by atoms with Crippen LogP contribution in [-0.2, 0) is 22.4 Å². The van der Waals surface area contributed by atoms with Gasteiger partial charge in [0.25, 0.3) is 11.8 Å². The van der Waals surface area contributed by atoms with Crippen LogP contribution in [0.3, 0.4) is 0 Å². The van der Waals surface area contributed by atoms with Crippen LogP contribution in [-0.4, -0.2) is 110 Å². The Morgan fingerprint density at radius 3 is 1.32 bits per heavy atom. The van der Waals surface area contributed by atoms with Crippen LogP contribution >= 0.6 is 22.7 Å². The Bertz CT molecular complexity index is 2830. The van der Waals surface area contributed by atoms with E-state index < -0.39 is 11.3 Å². The van der Waals surface area contributed by atoms with Gasteiger partial charge in [0.2, 0.25) is 11.8 Å². The Morgan fingerprint density at radius 2 is 0.938 bits per heavy atom. The fourth-order valence-corrected chi connectivity index (χ4v) is 11.1. The largest absolute Gasteiger partial charge is 0.497 e. The molecule has 6 aromatic rings. The minimum atomic E-state index is -0.558. The van der Waals surface area contributed by atoms with E-state index in [-0.39, 0.29) is 47.6 Å². The molecule has 1 aliphatic carbocycles. The molecule has 2 saturated heterocycles. The number of carbonyl (C=O) groups excluding carboxylic acids is 4. The van der Waals surface area contributed by atoms with Gasteiger partial charge in [0, 0.05) is 96.1 Å². The number of piperazine rings is 2. The number of hydrogen-bond acceptors (Lipinski definition) is 12. The van der Waals surface area contributed by atoms with Crippen molar-refractivity contribution in [2.75, 3.05) is 66.6 Å². The predicted molar refractivity (Wildman–Crippen MR) is 249 cm³/mol. The second kappa shape index (κ2) is 18.2. The number of carbonyl (C=O) groups is 4. The van der Waals surface area contributed by atoms with Crippen molar-refractivity contribution in [3.05, 3.63) is 123 Å². The first-order chi connectivity index (χ1) is 31.4. The second-order valence-electron chi connectivity index (χ2n) is 16.6. The van der Waals surface area contributed by atoms with Crippen LogP contribution in [0.5, 0.6) is 11.5 Å². The van der Waals surface area contributed by atoms with E-state index in [1.54, 1.807) is 68.1 Å². The molecule has 0 radical (unpaired) electrons. The fraction of sp³-hybridized carbons (Fsp3) is 0.347. The molecule has 4 amide bonds. The summed E-state index contributed by atoms with van der Waals surface area (Å²) in [5, 5.41) is 1.41. The van der Waals surface area contributed by atoms with Gasteiger partial charge in [-0.2, -0.15) is 0 Å². The monoisotopic (exact) mass is 916 g/mol. The Morgan fingerprint density at radius 1 is 0.554 bits per heavy atom. The van der Waals surface area contributed by atoms with E-state index in [1.807, 2.05) is 26.0 Å². The number of nitrogens with zero attached hydrogens (tertiary/aromatic N) is 4. The average molecular weight is 917 g/mol. The summed E-state index contributed by atoms with van der Waals surface area (Å²) in [7, 11) is 3.07. The van der Waals surface area contributed by atoms with Gasteiger partial charge in [-0.05, 0) is 104 Å². The molecule has 0 spiro atoms. The molecule has 0 unspecified atom stereocenters. The Balaban J connectivity index is 0.811. The first kappa shape index (κ1) is 43.7. The van der Waals surface area contributed by atoms with Crippen molar-refractivity contribution in [2.45, 2.75) is 46.0 Å². The molecule has 0 N–H and O–H groups in total. The van der Waals surface area contributed by atoms with Gasteiger partial charge in [0.15, 0.2) is 0 Å². The van der Waals surface area contributed by atoms with Crippen molar-refractivity contribution in [1.29, 1.82) is 0 Å². The second-order valence-corrected chi connectivity index (χ2v) is 19.1. The highest BCUT2D eigenvalue weighted by Gasteiger charge is 2.31. The lowest BCUT2D eigenvalue weighted by Crippen LogP contribution is -2.51. The van der Waals surface area contributed by atoms with Gasteiger partial charge in [-0.25, -0.2) is 9.59 Å². The maximum absolute atomic E-state index is 13.9. The minimum absolute atomic E-state index is 0.0654. The molecule has 65 heavy (non-hydrogen) atoms. The minimum Gasteiger partial charge on any atom is -0.497 e. The summed E-state index contributed by atoms with van der Waals surface area (Å²) in [4.78, 5) is 90.2. The number of ether oxygens (including phenoxy) is 2. The highest BCUT2D eigenvalue weighted by Crippen LogP contribution is 2.45. The average Bonchev–Trinajstić information content (AvgIpc) is 4.06. The topological polar surface area (TPSA) is 160 Å². The third kappa shape index (κ3) is 8.84. The lowest BCUT2D eigenvalue weighted by Gasteiger charge is -2.34. The number of amides is 4. The first-order valence-corrected chi connectivity index (χ1v) is 23.3. The van der Waals surface area contributed by atoms with E-state index in [9.17, 15) is 28.8 Å². The maximum Gasteiger partial charge on any atom is 0.339 e. The molecule has 2 aromatic carbocycles. The SMILES string of the molecule is COc1ccc2cc(CC(=O)N3CCN(C(=O)c4cc(C5=C(c6cc(C(=O)N7CCN(C(=O)Cc8cc9ccc(OC)cc9oc8=O)CC7)sc6C)CCC5)c(C)s4)CC3)c(=O)oc2c1. The van der Waals surface area contributed by atoms with Crippen LogP contribution in [0.25, 0.3) is 33.1 Å². The molecule has 3 aliphatic rings. The number of hydrogen-bond donors (Lipinski definition) is 0. The molecular formula is C49H48N4O10S2. The van der Waals surface area contributed by atoms with Gasteiger partial charge < -0.3 is 37.9 Å². The molecule has 336 valence electrons. The molecule has 6 heterocycles. The number of fused-ring (bicyclic) bond motifs is 2. The summed E-state index contributed by atoms with van der Waals surface area (Å²) < 4.78 is 21.4.